The van der Waals surface area contributed by atoms with Gasteiger partial charge < -0.3 is 10.0 Å². The van der Waals surface area contributed by atoms with E-state index in [-0.39, 0.29) is 30.0 Å². The number of hydrogen-bond donors (Lipinski definition) is 1. The lowest BCUT2D eigenvalue weighted by molar-refractivity contribution is -0.140. The largest absolute Gasteiger partial charge is 0.506 e. The first-order valence-electron chi connectivity index (χ1n) is 8.77. The fourth-order valence-electron chi connectivity index (χ4n) is 3.68. The number of amides is 2. The highest BCUT2D eigenvalue weighted by molar-refractivity contribution is 7.09. The Balaban J connectivity index is 1.39. The lowest BCUT2D eigenvalue weighted by Crippen LogP contribution is -2.52. The molecule has 2 aliphatic heterocycles. The zero-order valence-electron chi connectivity index (χ0n) is 14.4. The van der Waals surface area contributed by atoms with E-state index in [0.29, 0.717) is 19.6 Å². The summed E-state index contributed by atoms with van der Waals surface area (Å²) < 4.78 is 0. The number of aromatic hydroxyl groups is 1. The Morgan fingerprint density at radius 3 is 2.50 bits per heavy atom. The van der Waals surface area contributed by atoms with Crippen molar-refractivity contribution >= 4 is 28.8 Å². The number of anilines is 1. The van der Waals surface area contributed by atoms with Crippen LogP contribution >= 0.6 is 11.3 Å². The molecule has 2 fully saturated rings. The molecule has 2 aliphatic rings. The zero-order valence-corrected chi connectivity index (χ0v) is 15.2. The number of carbonyl (C=O) groups excluding carboxylic acids is 2. The maximum Gasteiger partial charge on any atom is 0.247 e. The fourth-order valence-corrected chi connectivity index (χ4v) is 4.37. The smallest absolute Gasteiger partial charge is 0.247 e. The molecule has 2 aromatic rings. The van der Waals surface area contributed by atoms with Crippen LogP contribution in [0.2, 0.25) is 0 Å². The first-order chi connectivity index (χ1) is 12.6. The average molecular weight is 371 g/mol. The second-order valence-electron chi connectivity index (χ2n) is 6.63. The van der Waals surface area contributed by atoms with Crippen molar-refractivity contribution in [2.45, 2.75) is 19.0 Å². The molecule has 0 unspecified atom stereocenters. The molecule has 7 heteroatoms. The van der Waals surface area contributed by atoms with Gasteiger partial charge in [-0.05, 0) is 23.6 Å². The summed E-state index contributed by atoms with van der Waals surface area (Å²) in [4.78, 5) is 31.7. The number of rotatable bonds is 4. The summed E-state index contributed by atoms with van der Waals surface area (Å²) in [5.74, 6) is 0.103. The number of piperazine rings is 1. The van der Waals surface area contributed by atoms with Gasteiger partial charge in [-0.2, -0.15) is 0 Å². The number of thiophene rings is 1. The number of benzene rings is 1. The molecule has 1 N–H and O–H groups in total. The van der Waals surface area contributed by atoms with Crippen molar-refractivity contribution in [1.82, 2.24) is 9.80 Å². The molecule has 0 bridgehead atoms. The molecule has 26 heavy (non-hydrogen) atoms. The standard InChI is InChI=1S/C19H21N3O3S/c23-17-6-2-1-5-15(17)20-7-9-21(10-8-20)16-12-18(24)22(19(16)25)13-14-4-3-11-26-14/h1-6,11,16,23H,7-10,12-13H2/t16-/m0/s1. The van der Waals surface area contributed by atoms with E-state index < -0.39 is 0 Å². The lowest BCUT2D eigenvalue weighted by Gasteiger charge is -2.38. The molecule has 2 amide bonds. The van der Waals surface area contributed by atoms with Crippen molar-refractivity contribution in [2.24, 2.45) is 0 Å². The second kappa shape index (κ2) is 7.09. The van der Waals surface area contributed by atoms with Crippen LogP contribution in [0.1, 0.15) is 11.3 Å². The average Bonchev–Trinajstić information content (AvgIpc) is 3.26. The molecule has 1 aromatic carbocycles. The lowest BCUT2D eigenvalue weighted by atomic mass is 10.1. The normalized spacial score (nSPS) is 21.6. The van der Waals surface area contributed by atoms with Crippen molar-refractivity contribution in [3.63, 3.8) is 0 Å². The van der Waals surface area contributed by atoms with Crippen LogP contribution in [-0.4, -0.2) is 58.9 Å². The van der Waals surface area contributed by atoms with E-state index in [0.717, 1.165) is 23.7 Å². The summed E-state index contributed by atoms with van der Waals surface area (Å²) in [5, 5.41) is 12.0. The Labute approximate surface area is 156 Å². The van der Waals surface area contributed by atoms with E-state index in [1.54, 1.807) is 23.5 Å². The van der Waals surface area contributed by atoms with Crippen molar-refractivity contribution in [3.8, 4) is 5.75 Å². The highest BCUT2D eigenvalue weighted by Gasteiger charge is 2.42. The van der Waals surface area contributed by atoms with Crippen LogP contribution in [-0.2, 0) is 16.1 Å². The number of imide groups is 1. The van der Waals surface area contributed by atoms with Crippen LogP contribution in [0.5, 0.6) is 5.75 Å². The minimum absolute atomic E-state index is 0.0839. The van der Waals surface area contributed by atoms with Crippen LogP contribution in [0.15, 0.2) is 41.8 Å². The maximum absolute atomic E-state index is 12.8. The predicted molar refractivity (Wildman–Crippen MR) is 100 cm³/mol. The molecule has 0 radical (unpaired) electrons. The highest BCUT2D eigenvalue weighted by atomic mass is 32.1. The molecular formula is C19H21N3O3S. The molecule has 4 rings (SSSR count). The van der Waals surface area contributed by atoms with E-state index in [1.165, 1.54) is 4.90 Å². The summed E-state index contributed by atoms with van der Waals surface area (Å²) in [6.45, 7) is 3.22. The van der Waals surface area contributed by atoms with E-state index >= 15 is 0 Å². The number of phenols is 1. The van der Waals surface area contributed by atoms with Gasteiger partial charge in [0.15, 0.2) is 0 Å². The van der Waals surface area contributed by atoms with Gasteiger partial charge in [0.1, 0.15) is 5.75 Å². The number of para-hydroxylation sites is 2. The summed E-state index contributed by atoms with van der Waals surface area (Å²) in [6.07, 6.45) is 0.265. The van der Waals surface area contributed by atoms with Gasteiger partial charge in [0.05, 0.1) is 24.7 Å². The fraction of sp³-hybridized carbons (Fsp3) is 0.368. The molecule has 0 spiro atoms. The Morgan fingerprint density at radius 2 is 1.81 bits per heavy atom. The Morgan fingerprint density at radius 1 is 1.04 bits per heavy atom. The third-order valence-corrected chi connectivity index (χ3v) is 5.95. The Hall–Kier alpha value is -2.38. The maximum atomic E-state index is 12.8. The Kier molecular flexibility index (Phi) is 4.65. The quantitative estimate of drug-likeness (QED) is 0.832. The van der Waals surface area contributed by atoms with Crippen LogP contribution in [0.4, 0.5) is 5.69 Å². The first-order valence-corrected chi connectivity index (χ1v) is 9.65. The number of carbonyl (C=O) groups is 2. The third kappa shape index (κ3) is 3.20. The summed E-state index contributed by atoms with van der Waals surface area (Å²) in [6, 6.07) is 10.8. The molecule has 1 aromatic heterocycles. The topological polar surface area (TPSA) is 64.1 Å². The SMILES string of the molecule is O=C1C[C@H](N2CCN(c3ccccc3O)CC2)C(=O)N1Cc1cccs1. The monoisotopic (exact) mass is 371 g/mol. The third-order valence-electron chi connectivity index (χ3n) is 5.09. The van der Waals surface area contributed by atoms with E-state index in [4.69, 9.17) is 0 Å². The predicted octanol–water partition coefficient (Wildman–Crippen LogP) is 1.90. The molecule has 1 atom stereocenters. The molecule has 3 heterocycles. The minimum atomic E-state index is -0.353. The van der Waals surface area contributed by atoms with Crippen molar-refractivity contribution in [2.75, 3.05) is 31.1 Å². The number of likely N-dealkylation sites (tertiary alicyclic amines) is 1. The highest BCUT2D eigenvalue weighted by Crippen LogP contribution is 2.29. The van der Waals surface area contributed by atoms with Crippen molar-refractivity contribution < 1.29 is 14.7 Å². The first kappa shape index (κ1) is 17.1. The van der Waals surface area contributed by atoms with Gasteiger partial charge in [-0.25, -0.2) is 0 Å². The molecule has 136 valence electrons. The number of phenolic OH excluding ortho intramolecular Hbond substituents is 1. The van der Waals surface area contributed by atoms with Crippen molar-refractivity contribution in [3.05, 3.63) is 46.7 Å². The zero-order chi connectivity index (χ0) is 18.1. The minimum Gasteiger partial charge on any atom is -0.506 e. The van der Waals surface area contributed by atoms with Gasteiger partial charge in [0, 0.05) is 31.1 Å². The van der Waals surface area contributed by atoms with Gasteiger partial charge in [0.2, 0.25) is 11.8 Å². The molecule has 0 saturated carbocycles. The van der Waals surface area contributed by atoms with Gasteiger partial charge in [-0.15, -0.1) is 11.3 Å². The number of nitrogens with zero attached hydrogens (tertiary/aromatic N) is 3. The van der Waals surface area contributed by atoms with Crippen LogP contribution in [0, 0.1) is 0 Å². The second-order valence-corrected chi connectivity index (χ2v) is 7.66. The van der Waals surface area contributed by atoms with E-state index in [2.05, 4.69) is 9.80 Å². The van der Waals surface area contributed by atoms with Gasteiger partial charge in [-0.3, -0.25) is 19.4 Å². The van der Waals surface area contributed by atoms with Crippen LogP contribution in [0.3, 0.4) is 0 Å². The van der Waals surface area contributed by atoms with Crippen LogP contribution < -0.4 is 4.90 Å². The summed E-state index contributed by atoms with van der Waals surface area (Å²) in [7, 11) is 0. The molecular weight excluding hydrogens is 350 g/mol. The molecule has 0 aliphatic carbocycles. The van der Waals surface area contributed by atoms with E-state index in [1.807, 2.05) is 29.6 Å². The molecule has 6 nitrogen and oxygen atoms in total. The van der Waals surface area contributed by atoms with Gasteiger partial charge in [-0.1, -0.05) is 18.2 Å². The van der Waals surface area contributed by atoms with E-state index in [9.17, 15) is 14.7 Å². The van der Waals surface area contributed by atoms with Gasteiger partial charge in [0.25, 0.3) is 0 Å². The molecule has 2 saturated heterocycles. The summed E-state index contributed by atoms with van der Waals surface area (Å²) in [5.41, 5.74) is 0.820. The Bertz CT molecular complexity index is 800. The van der Waals surface area contributed by atoms with Crippen LogP contribution in [0.25, 0.3) is 0 Å². The summed E-state index contributed by atoms with van der Waals surface area (Å²) >= 11 is 1.56. The number of hydrogen-bond acceptors (Lipinski definition) is 6. The van der Waals surface area contributed by atoms with Crippen molar-refractivity contribution in [1.29, 1.82) is 0 Å². The van der Waals surface area contributed by atoms with Gasteiger partial charge >= 0.3 is 0 Å².